The van der Waals surface area contributed by atoms with Gasteiger partial charge in [-0.05, 0) is 32.4 Å². The predicted octanol–water partition coefficient (Wildman–Crippen LogP) is 3.46. The number of aliphatic hydroxyl groups excluding tert-OH is 1. The lowest BCUT2D eigenvalue weighted by molar-refractivity contribution is 0.289. The predicted molar refractivity (Wildman–Crippen MR) is 86.0 cm³/mol. The van der Waals surface area contributed by atoms with Crippen molar-refractivity contribution in [1.29, 1.82) is 0 Å². The van der Waals surface area contributed by atoms with Gasteiger partial charge in [0.1, 0.15) is 0 Å². The van der Waals surface area contributed by atoms with Crippen molar-refractivity contribution in [2.24, 2.45) is 0 Å². The third kappa shape index (κ3) is 5.98. The molecule has 0 aromatic heterocycles. The molecule has 1 aromatic rings. The fourth-order valence-corrected chi connectivity index (χ4v) is 3.36. The summed E-state index contributed by atoms with van der Waals surface area (Å²) in [7, 11) is 0. The molecular weight excluding hydrogens is 254 g/mol. The molecule has 19 heavy (non-hydrogen) atoms. The second-order valence-corrected chi connectivity index (χ2v) is 6.66. The summed E-state index contributed by atoms with van der Waals surface area (Å²) < 4.78 is 0. The molecule has 0 spiro atoms. The van der Waals surface area contributed by atoms with Crippen molar-refractivity contribution < 1.29 is 5.11 Å². The Morgan fingerprint density at radius 2 is 1.84 bits per heavy atom. The SMILES string of the molecule is CCNC(CSC(C)CCO)c1cc(C)cc(C)c1. The molecule has 0 fully saturated rings. The summed E-state index contributed by atoms with van der Waals surface area (Å²) >= 11 is 1.93. The zero-order chi connectivity index (χ0) is 14.3. The van der Waals surface area contributed by atoms with Gasteiger partial charge in [0.2, 0.25) is 0 Å². The van der Waals surface area contributed by atoms with E-state index in [-0.39, 0.29) is 6.61 Å². The fourth-order valence-electron chi connectivity index (χ4n) is 2.26. The summed E-state index contributed by atoms with van der Waals surface area (Å²) in [6.45, 7) is 9.90. The van der Waals surface area contributed by atoms with Gasteiger partial charge < -0.3 is 10.4 Å². The maximum absolute atomic E-state index is 8.97. The fraction of sp³-hybridized carbons (Fsp3) is 0.625. The number of benzene rings is 1. The summed E-state index contributed by atoms with van der Waals surface area (Å²) in [6, 6.07) is 7.17. The Hall–Kier alpha value is -0.510. The van der Waals surface area contributed by atoms with E-state index in [4.69, 9.17) is 5.11 Å². The number of rotatable bonds is 8. The Morgan fingerprint density at radius 1 is 1.21 bits per heavy atom. The monoisotopic (exact) mass is 281 g/mol. The van der Waals surface area contributed by atoms with E-state index in [1.165, 1.54) is 16.7 Å². The van der Waals surface area contributed by atoms with Gasteiger partial charge in [-0.25, -0.2) is 0 Å². The van der Waals surface area contributed by atoms with E-state index < -0.39 is 0 Å². The molecule has 1 aromatic carbocycles. The lowest BCUT2D eigenvalue weighted by Crippen LogP contribution is -2.24. The van der Waals surface area contributed by atoms with Crippen LogP contribution in [0.3, 0.4) is 0 Å². The first-order valence-corrected chi connectivity index (χ1v) is 8.15. The molecule has 108 valence electrons. The van der Waals surface area contributed by atoms with E-state index in [2.05, 4.69) is 51.2 Å². The topological polar surface area (TPSA) is 32.3 Å². The van der Waals surface area contributed by atoms with Gasteiger partial charge in [0.05, 0.1) is 0 Å². The Balaban J connectivity index is 2.70. The molecule has 2 atom stereocenters. The Morgan fingerprint density at radius 3 is 2.37 bits per heavy atom. The van der Waals surface area contributed by atoms with E-state index in [1.807, 2.05) is 11.8 Å². The van der Waals surface area contributed by atoms with E-state index in [0.29, 0.717) is 11.3 Å². The molecule has 3 heteroatoms. The van der Waals surface area contributed by atoms with Crippen LogP contribution in [0, 0.1) is 13.8 Å². The molecule has 2 nitrogen and oxygen atoms in total. The standard InChI is InChI=1S/C16H27NOS/c1-5-17-16(11-19-14(4)6-7-18)15-9-12(2)8-13(3)10-15/h8-10,14,16-18H,5-7,11H2,1-4H3. The Labute approximate surface area is 122 Å². The molecule has 0 saturated carbocycles. The largest absolute Gasteiger partial charge is 0.396 e. The van der Waals surface area contributed by atoms with Crippen molar-refractivity contribution >= 4 is 11.8 Å². The van der Waals surface area contributed by atoms with E-state index in [1.54, 1.807) is 0 Å². The highest BCUT2D eigenvalue weighted by Crippen LogP contribution is 2.24. The summed E-state index contributed by atoms with van der Waals surface area (Å²) in [6.07, 6.45) is 0.871. The molecule has 0 radical (unpaired) electrons. The summed E-state index contributed by atoms with van der Waals surface area (Å²) in [5.41, 5.74) is 4.03. The van der Waals surface area contributed by atoms with Crippen molar-refractivity contribution in [3.8, 4) is 0 Å². The van der Waals surface area contributed by atoms with E-state index in [0.717, 1.165) is 18.7 Å². The number of thioether (sulfide) groups is 1. The van der Waals surface area contributed by atoms with Crippen LogP contribution in [0.4, 0.5) is 0 Å². The smallest absolute Gasteiger partial charge is 0.0441 e. The van der Waals surface area contributed by atoms with Crippen LogP contribution in [0.15, 0.2) is 18.2 Å². The van der Waals surface area contributed by atoms with Gasteiger partial charge in [-0.3, -0.25) is 0 Å². The second kappa shape index (κ2) is 8.62. The van der Waals surface area contributed by atoms with Crippen LogP contribution in [0.5, 0.6) is 0 Å². The van der Waals surface area contributed by atoms with Crippen LogP contribution < -0.4 is 5.32 Å². The quantitative estimate of drug-likeness (QED) is 0.765. The average molecular weight is 281 g/mol. The molecule has 0 saturated heterocycles. The molecule has 0 aliphatic heterocycles. The third-order valence-corrected chi connectivity index (χ3v) is 4.51. The summed E-state index contributed by atoms with van der Waals surface area (Å²) in [5.74, 6) is 1.05. The molecule has 2 unspecified atom stereocenters. The molecule has 0 aliphatic rings. The van der Waals surface area contributed by atoms with Crippen LogP contribution in [0.25, 0.3) is 0 Å². The lowest BCUT2D eigenvalue weighted by atomic mass is 10.0. The van der Waals surface area contributed by atoms with Crippen LogP contribution in [-0.2, 0) is 0 Å². The maximum atomic E-state index is 8.97. The molecule has 1 rings (SSSR count). The van der Waals surface area contributed by atoms with Crippen molar-refractivity contribution in [3.63, 3.8) is 0 Å². The number of aliphatic hydroxyl groups is 1. The number of aryl methyl sites for hydroxylation is 2. The van der Waals surface area contributed by atoms with Crippen LogP contribution in [0.2, 0.25) is 0 Å². The minimum Gasteiger partial charge on any atom is -0.396 e. The molecule has 0 heterocycles. The van der Waals surface area contributed by atoms with Crippen molar-refractivity contribution in [3.05, 3.63) is 34.9 Å². The van der Waals surface area contributed by atoms with Gasteiger partial charge in [0.15, 0.2) is 0 Å². The van der Waals surface area contributed by atoms with Gasteiger partial charge >= 0.3 is 0 Å². The first-order valence-electron chi connectivity index (χ1n) is 7.10. The zero-order valence-electron chi connectivity index (χ0n) is 12.6. The van der Waals surface area contributed by atoms with Gasteiger partial charge in [-0.1, -0.05) is 43.2 Å². The van der Waals surface area contributed by atoms with Gasteiger partial charge in [-0.15, -0.1) is 0 Å². The molecule has 0 aliphatic carbocycles. The maximum Gasteiger partial charge on any atom is 0.0441 e. The molecular formula is C16H27NOS. The average Bonchev–Trinajstić information content (AvgIpc) is 2.33. The number of nitrogens with one attached hydrogen (secondary N) is 1. The zero-order valence-corrected chi connectivity index (χ0v) is 13.4. The summed E-state index contributed by atoms with van der Waals surface area (Å²) in [4.78, 5) is 0. The Bertz CT molecular complexity index is 361. The number of hydrogen-bond acceptors (Lipinski definition) is 3. The first kappa shape index (κ1) is 16.5. The van der Waals surface area contributed by atoms with Crippen LogP contribution in [-0.4, -0.2) is 29.3 Å². The van der Waals surface area contributed by atoms with Gasteiger partial charge in [0, 0.05) is 23.7 Å². The lowest BCUT2D eigenvalue weighted by Gasteiger charge is -2.21. The van der Waals surface area contributed by atoms with Crippen molar-refractivity contribution in [2.45, 2.75) is 45.4 Å². The number of hydrogen-bond donors (Lipinski definition) is 2. The van der Waals surface area contributed by atoms with E-state index in [9.17, 15) is 0 Å². The van der Waals surface area contributed by atoms with Crippen LogP contribution in [0.1, 0.15) is 43.0 Å². The minimum absolute atomic E-state index is 0.281. The summed E-state index contributed by atoms with van der Waals surface area (Å²) in [5, 5.41) is 13.0. The van der Waals surface area contributed by atoms with Gasteiger partial charge in [-0.2, -0.15) is 11.8 Å². The normalized spacial score (nSPS) is 14.4. The highest BCUT2D eigenvalue weighted by molar-refractivity contribution is 7.99. The highest BCUT2D eigenvalue weighted by Gasteiger charge is 2.13. The molecule has 0 amide bonds. The highest BCUT2D eigenvalue weighted by atomic mass is 32.2. The van der Waals surface area contributed by atoms with Crippen molar-refractivity contribution in [2.75, 3.05) is 18.9 Å². The van der Waals surface area contributed by atoms with Gasteiger partial charge in [0.25, 0.3) is 0 Å². The molecule has 2 N–H and O–H groups in total. The van der Waals surface area contributed by atoms with E-state index >= 15 is 0 Å². The molecule has 0 bridgehead atoms. The minimum atomic E-state index is 0.281. The second-order valence-electron chi connectivity index (χ2n) is 5.19. The Kier molecular flexibility index (Phi) is 7.51. The third-order valence-electron chi connectivity index (χ3n) is 3.18. The first-order chi connectivity index (χ1) is 9.06. The van der Waals surface area contributed by atoms with Crippen LogP contribution >= 0.6 is 11.8 Å². The van der Waals surface area contributed by atoms with Crippen molar-refractivity contribution in [1.82, 2.24) is 5.32 Å².